The van der Waals surface area contributed by atoms with Crippen molar-refractivity contribution in [2.75, 3.05) is 31.5 Å². The largest absolute Gasteiger partial charge is 0.454 e. The van der Waals surface area contributed by atoms with Gasteiger partial charge in [0.1, 0.15) is 5.54 Å². The van der Waals surface area contributed by atoms with E-state index in [2.05, 4.69) is 10.2 Å². The molecule has 0 saturated carbocycles. The van der Waals surface area contributed by atoms with Crippen molar-refractivity contribution in [3.63, 3.8) is 0 Å². The van der Waals surface area contributed by atoms with Crippen LogP contribution in [0.2, 0.25) is 0 Å². The van der Waals surface area contributed by atoms with Crippen LogP contribution in [-0.4, -0.2) is 53.7 Å². The molecule has 2 aromatic carbocycles. The summed E-state index contributed by atoms with van der Waals surface area (Å²) in [5.74, 6) is 0.427. The highest BCUT2D eigenvalue weighted by atomic mass is 16.7. The molecule has 0 aliphatic carbocycles. The van der Waals surface area contributed by atoms with Crippen LogP contribution in [0.25, 0.3) is 6.08 Å². The second-order valence-corrected chi connectivity index (χ2v) is 8.14. The van der Waals surface area contributed by atoms with Crippen molar-refractivity contribution in [1.82, 2.24) is 10.2 Å². The van der Waals surface area contributed by atoms with Crippen LogP contribution in [0, 0.1) is 10.1 Å². The Balaban J connectivity index is 1.30. The number of carbonyl (C=O) groups is 2. The monoisotopic (exact) mass is 450 g/mol. The number of carbonyl (C=O) groups excluding carboxylic acids is 2. The first-order valence-corrected chi connectivity index (χ1v) is 10.6. The van der Waals surface area contributed by atoms with Gasteiger partial charge >= 0.3 is 0 Å². The number of hydrogen-bond acceptors (Lipinski definition) is 7. The predicted molar refractivity (Wildman–Crippen MR) is 119 cm³/mol. The number of benzene rings is 2. The van der Waals surface area contributed by atoms with E-state index in [0.717, 1.165) is 5.69 Å². The molecule has 0 bridgehead atoms. The zero-order chi connectivity index (χ0) is 23.0. The van der Waals surface area contributed by atoms with Crippen molar-refractivity contribution < 1.29 is 24.0 Å². The third kappa shape index (κ3) is 3.63. The zero-order valence-electron chi connectivity index (χ0n) is 17.7. The van der Waals surface area contributed by atoms with Crippen LogP contribution in [0.3, 0.4) is 0 Å². The summed E-state index contributed by atoms with van der Waals surface area (Å²) in [6, 6.07) is 12.5. The summed E-state index contributed by atoms with van der Waals surface area (Å²) in [5.41, 5.74) is 0.377. The van der Waals surface area contributed by atoms with Crippen molar-refractivity contribution in [3.05, 3.63) is 64.2 Å². The van der Waals surface area contributed by atoms with Crippen LogP contribution in [0.4, 0.5) is 11.4 Å². The summed E-state index contributed by atoms with van der Waals surface area (Å²) in [6.07, 6.45) is 3.74. The molecule has 3 aliphatic heterocycles. The molecule has 170 valence electrons. The molecule has 0 atom stereocenters. The highest BCUT2D eigenvalue weighted by Crippen LogP contribution is 2.39. The van der Waals surface area contributed by atoms with Gasteiger partial charge in [-0.3, -0.25) is 19.7 Å². The van der Waals surface area contributed by atoms with E-state index in [1.807, 2.05) is 30.3 Å². The molecule has 10 heteroatoms. The highest BCUT2D eigenvalue weighted by molar-refractivity contribution is 5.95. The van der Waals surface area contributed by atoms with Gasteiger partial charge < -0.3 is 24.6 Å². The molecule has 2 amide bonds. The summed E-state index contributed by atoms with van der Waals surface area (Å²) < 4.78 is 10.5. The van der Waals surface area contributed by atoms with Crippen LogP contribution in [0.5, 0.6) is 11.5 Å². The number of piperidine rings is 1. The number of amides is 2. The highest BCUT2D eigenvalue weighted by Gasteiger charge is 2.50. The normalized spacial score (nSPS) is 18.7. The summed E-state index contributed by atoms with van der Waals surface area (Å²) in [7, 11) is 0. The van der Waals surface area contributed by atoms with Gasteiger partial charge in [-0.1, -0.05) is 18.2 Å². The second-order valence-electron chi connectivity index (χ2n) is 8.14. The number of nitrogens with zero attached hydrogens (tertiary/aromatic N) is 3. The van der Waals surface area contributed by atoms with E-state index in [1.54, 1.807) is 4.90 Å². The quantitative estimate of drug-likeness (QED) is 0.432. The number of nitro benzene ring substituents is 1. The van der Waals surface area contributed by atoms with Gasteiger partial charge in [-0.05, 0) is 37.1 Å². The van der Waals surface area contributed by atoms with Crippen molar-refractivity contribution in [1.29, 1.82) is 0 Å². The Kier molecular flexibility index (Phi) is 5.12. The first kappa shape index (κ1) is 20.8. The van der Waals surface area contributed by atoms with Gasteiger partial charge in [0.15, 0.2) is 11.5 Å². The maximum atomic E-state index is 12.8. The fourth-order valence-electron chi connectivity index (χ4n) is 4.63. The Labute approximate surface area is 189 Å². The second kappa shape index (κ2) is 8.12. The molecule has 0 unspecified atom stereocenters. The maximum Gasteiger partial charge on any atom is 0.280 e. The Morgan fingerprint density at radius 1 is 1.12 bits per heavy atom. The standard InChI is InChI=1S/C23H22N4O6/c28-21(7-6-16-12-19-20(33-15-32-19)13-18(16)27(30)31)25-10-8-23(9-11-25)22(29)24-14-26(23)17-4-2-1-3-5-17/h1-7,12-13H,8-11,14-15H2,(H,24,29)/b7-6+. The number of anilines is 1. The molecule has 1 N–H and O–H groups in total. The summed E-state index contributed by atoms with van der Waals surface area (Å²) in [4.78, 5) is 40.2. The molecule has 1 spiro atoms. The van der Waals surface area contributed by atoms with Gasteiger partial charge in [-0.25, -0.2) is 0 Å². The van der Waals surface area contributed by atoms with Crippen molar-refractivity contribution in [3.8, 4) is 11.5 Å². The lowest BCUT2D eigenvalue weighted by Gasteiger charge is -2.43. The van der Waals surface area contributed by atoms with Crippen LogP contribution >= 0.6 is 0 Å². The molecule has 0 aromatic heterocycles. The van der Waals surface area contributed by atoms with Crippen molar-refractivity contribution in [2.45, 2.75) is 18.4 Å². The maximum absolute atomic E-state index is 12.8. The number of nitrogens with one attached hydrogen (secondary N) is 1. The van der Waals surface area contributed by atoms with E-state index in [9.17, 15) is 19.7 Å². The van der Waals surface area contributed by atoms with Crippen LogP contribution in [0.15, 0.2) is 48.5 Å². The van der Waals surface area contributed by atoms with E-state index in [0.29, 0.717) is 44.1 Å². The lowest BCUT2D eigenvalue weighted by molar-refractivity contribution is -0.385. The number of rotatable bonds is 4. The molecule has 10 nitrogen and oxygen atoms in total. The lowest BCUT2D eigenvalue weighted by Crippen LogP contribution is -2.57. The number of ether oxygens (including phenoxy) is 2. The van der Waals surface area contributed by atoms with Gasteiger partial charge in [0.25, 0.3) is 5.69 Å². The van der Waals surface area contributed by atoms with E-state index >= 15 is 0 Å². The minimum absolute atomic E-state index is 0.00168. The number of likely N-dealkylation sites (tertiary alicyclic amines) is 1. The van der Waals surface area contributed by atoms with Gasteiger partial charge in [0.05, 0.1) is 23.2 Å². The molecule has 2 fully saturated rings. The molecule has 2 aromatic rings. The van der Waals surface area contributed by atoms with Crippen LogP contribution in [0.1, 0.15) is 18.4 Å². The first-order chi connectivity index (χ1) is 16.0. The van der Waals surface area contributed by atoms with Gasteiger partial charge in [0, 0.05) is 24.9 Å². The predicted octanol–water partition coefficient (Wildman–Crippen LogP) is 2.29. The average molecular weight is 450 g/mol. The molecular weight excluding hydrogens is 428 g/mol. The smallest absolute Gasteiger partial charge is 0.280 e. The van der Waals surface area contributed by atoms with Gasteiger partial charge in [-0.15, -0.1) is 0 Å². The molecule has 33 heavy (non-hydrogen) atoms. The zero-order valence-corrected chi connectivity index (χ0v) is 17.7. The minimum Gasteiger partial charge on any atom is -0.454 e. The third-order valence-corrected chi connectivity index (χ3v) is 6.43. The Hall–Kier alpha value is -4.08. The topological polar surface area (TPSA) is 114 Å². The molecule has 5 rings (SSSR count). The molecule has 3 heterocycles. The Bertz CT molecular complexity index is 1140. The summed E-state index contributed by atoms with van der Waals surface area (Å²) in [5, 5.41) is 14.4. The third-order valence-electron chi connectivity index (χ3n) is 6.43. The number of para-hydroxylation sites is 1. The van der Waals surface area contributed by atoms with Crippen molar-refractivity contribution >= 4 is 29.3 Å². The fraction of sp³-hybridized carbons (Fsp3) is 0.304. The van der Waals surface area contributed by atoms with E-state index in [-0.39, 0.29) is 29.9 Å². The van der Waals surface area contributed by atoms with Gasteiger partial charge in [-0.2, -0.15) is 0 Å². The van der Waals surface area contributed by atoms with Crippen LogP contribution < -0.4 is 19.7 Å². The van der Waals surface area contributed by atoms with Crippen LogP contribution in [-0.2, 0) is 9.59 Å². The summed E-state index contributed by atoms with van der Waals surface area (Å²) in [6.45, 7) is 1.25. The van der Waals surface area contributed by atoms with E-state index in [4.69, 9.17) is 9.47 Å². The number of nitro groups is 1. The Morgan fingerprint density at radius 2 is 1.82 bits per heavy atom. The SMILES string of the molecule is O=C(/C=C/c1cc2c(cc1[N+](=O)[O-])OCO2)N1CCC2(CC1)C(=O)NCN2c1ccccc1. The fourth-order valence-corrected chi connectivity index (χ4v) is 4.63. The van der Waals surface area contributed by atoms with E-state index < -0.39 is 10.5 Å². The molecular formula is C23H22N4O6. The van der Waals surface area contributed by atoms with Crippen molar-refractivity contribution in [2.24, 2.45) is 0 Å². The number of hydrogen-bond donors (Lipinski definition) is 1. The molecule has 2 saturated heterocycles. The van der Waals surface area contributed by atoms with E-state index in [1.165, 1.54) is 24.3 Å². The molecule has 0 radical (unpaired) electrons. The Morgan fingerprint density at radius 3 is 2.52 bits per heavy atom. The number of fused-ring (bicyclic) bond motifs is 1. The molecule has 3 aliphatic rings. The summed E-state index contributed by atoms with van der Waals surface area (Å²) >= 11 is 0. The lowest BCUT2D eigenvalue weighted by atomic mass is 9.85. The van der Waals surface area contributed by atoms with Gasteiger partial charge in [0.2, 0.25) is 18.6 Å². The minimum atomic E-state index is -0.683. The first-order valence-electron chi connectivity index (χ1n) is 10.6. The average Bonchev–Trinajstić information content (AvgIpc) is 3.42.